The van der Waals surface area contributed by atoms with E-state index < -0.39 is 11.5 Å². The van der Waals surface area contributed by atoms with Crippen molar-refractivity contribution in [1.29, 1.82) is 0 Å². The molecular weight excluding hydrogens is 296 g/mol. The molecule has 0 aliphatic rings. The smallest absolute Gasteiger partial charge is 0.349 e. The molecular formula is C16H14N4O3. The topological polar surface area (TPSA) is 97.1 Å². The van der Waals surface area contributed by atoms with Gasteiger partial charge in [0.05, 0.1) is 0 Å². The highest BCUT2D eigenvalue weighted by Crippen LogP contribution is 2.12. The molecule has 2 aromatic heterocycles. The van der Waals surface area contributed by atoms with Crippen LogP contribution in [-0.4, -0.2) is 15.9 Å². The number of para-hydroxylation sites is 1. The number of hydrogen-bond donors (Lipinski definition) is 2. The second-order valence-electron chi connectivity index (χ2n) is 5.04. The van der Waals surface area contributed by atoms with Gasteiger partial charge in [0.15, 0.2) is 0 Å². The summed E-state index contributed by atoms with van der Waals surface area (Å²) >= 11 is 0. The van der Waals surface area contributed by atoms with Crippen LogP contribution in [0.3, 0.4) is 0 Å². The largest absolute Gasteiger partial charge is 0.422 e. The Labute approximate surface area is 131 Å². The molecule has 0 bridgehead atoms. The molecule has 0 unspecified atom stereocenters. The van der Waals surface area contributed by atoms with Crippen molar-refractivity contribution in [2.24, 2.45) is 0 Å². The van der Waals surface area contributed by atoms with Crippen LogP contribution in [0.25, 0.3) is 11.0 Å². The average molecular weight is 310 g/mol. The van der Waals surface area contributed by atoms with Crippen LogP contribution < -0.4 is 16.5 Å². The molecule has 0 saturated carbocycles. The quantitative estimate of drug-likeness (QED) is 0.567. The van der Waals surface area contributed by atoms with E-state index in [1.807, 2.05) is 19.9 Å². The lowest BCUT2D eigenvalue weighted by Gasteiger charge is -2.08. The molecule has 23 heavy (non-hydrogen) atoms. The third-order valence-electron chi connectivity index (χ3n) is 3.16. The lowest BCUT2D eigenvalue weighted by atomic mass is 10.2. The van der Waals surface area contributed by atoms with E-state index in [4.69, 9.17) is 4.42 Å². The maximum Gasteiger partial charge on any atom is 0.349 e. The van der Waals surface area contributed by atoms with E-state index in [0.717, 1.165) is 11.4 Å². The third-order valence-corrected chi connectivity index (χ3v) is 3.16. The zero-order valence-electron chi connectivity index (χ0n) is 12.6. The Bertz CT molecular complexity index is 929. The highest BCUT2D eigenvalue weighted by Gasteiger charge is 2.13. The van der Waals surface area contributed by atoms with Crippen LogP contribution in [0.15, 0.2) is 45.6 Å². The van der Waals surface area contributed by atoms with Gasteiger partial charge in [-0.05, 0) is 32.0 Å². The summed E-state index contributed by atoms with van der Waals surface area (Å²) in [6.07, 6.45) is 0. The average Bonchev–Trinajstić information content (AvgIpc) is 2.51. The van der Waals surface area contributed by atoms with Gasteiger partial charge < -0.3 is 4.42 Å². The SMILES string of the molecule is Cc1cc(C)nc(NNC(=O)c2cc3ccccc3oc2=O)n1. The van der Waals surface area contributed by atoms with Gasteiger partial charge in [-0.2, -0.15) is 0 Å². The Morgan fingerprint density at radius 1 is 1.09 bits per heavy atom. The van der Waals surface area contributed by atoms with Crippen LogP contribution in [0.5, 0.6) is 0 Å². The molecule has 7 heteroatoms. The van der Waals surface area contributed by atoms with Crippen LogP contribution >= 0.6 is 0 Å². The Morgan fingerprint density at radius 3 is 2.52 bits per heavy atom. The van der Waals surface area contributed by atoms with Crippen molar-refractivity contribution >= 4 is 22.8 Å². The second kappa shape index (κ2) is 5.88. The van der Waals surface area contributed by atoms with E-state index in [9.17, 15) is 9.59 Å². The van der Waals surface area contributed by atoms with E-state index in [1.165, 1.54) is 6.07 Å². The van der Waals surface area contributed by atoms with Crippen molar-refractivity contribution in [3.8, 4) is 0 Å². The fourth-order valence-corrected chi connectivity index (χ4v) is 2.18. The summed E-state index contributed by atoms with van der Waals surface area (Å²) in [5, 5.41) is 0.667. The number of rotatable bonds is 3. The maximum absolute atomic E-state index is 12.2. The fourth-order valence-electron chi connectivity index (χ4n) is 2.18. The number of aryl methyl sites for hydroxylation is 2. The van der Waals surface area contributed by atoms with Crippen molar-refractivity contribution in [2.75, 3.05) is 5.43 Å². The van der Waals surface area contributed by atoms with Crippen LogP contribution in [0.4, 0.5) is 5.95 Å². The first-order valence-electron chi connectivity index (χ1n) is 6.94. The first kappa shape index (κ1) is 14.7. The zero-order valence-corrected chi connectivity index (χ0v) is 12.6. The number of nitrogens with one attached hydrogen (secondary N) is 2. The molecule has 1 amide bonds. The molecule has 2 N–H and O–H groups in total. The number of carbonyl (C=O) groups is 1. The summed E-state index contributed by atoms with van der Waals surface area (Å²) in [4.78, 5) is 32.3. The maximum atomic E-state index is 12.2. The molecule has 0 saturated heterocycles. The fraction of sp³-hybridized carbons (Fsp3) is 0.125. The van der Waals surface area contributed by atoms with Crippen LogP contribution in [0.2, 0.25) is 0 Å². The number of carbonyl (C=O) groups excluding carboxylic acids is 1. The molecule has 1 aromatic carbocycles. The predicted octanol–water partition coefficient (Wildman–Crippen LogP) is 1.96. The van der Waals surface area contributed by atoms with Gasteiger partial charge >= 0.3 is 5.63 Å². The van der Waals surface area contributed by atoms with E-state index in [0.29, 0.717) is 11.0 Å². The van der Waals surface area contributed by atoms with Crippen molar-refractivity contribution in [1.82, 2.24) is 15.4 Å². The normalized spacial score (nSPS) is 10.5. The van der Waals surface area contributed by atoms with Gasteiger partial charge in [0.25, 0.3) is 5.91 Å². The van der Waals surface area contributed by atoms with Crippen molar-refractivity contribution in [2.45, 2.75) is 13.8 Å². The van der Waals surface area contributed by atoms with Crippen LogP contribution in [0.1, 0.15) is 21.7 Å². The Kier molecular flexibility index (Phi) is 3.76. The minimum Gasteiger partial charge on any atom is -0.422 e. The summed E-state index contributed by atoms with van der Waals surface area (Å²) in [6.45, 7) is 3.64. The molecule has 7 nitrogen and oxygen atoms in total. The molecule has 0 aliphatic carbocycles. The number of fused-ring (bicyclic) bond motifs is 1. The zero-order chi connectivity index (χ0) is 16.4. The summed E-state index contributed by atoms with van der Waals surface area (Å²) in [5.74, 6) is -0.367. The molecule has 0 aliphatic heterocycles. The number of nitrogens with zero attached hydrogens (tertiary/aromatic N) is 2. The number of aromatic nitrogens is 2. The first-order chi connectivity index (χ1) is 11.0. The lowest BCUT2D eigenvalue weighted by Crippen LogP contribution is -2.33. The molecule has 0 spiro atoms. The number of anilines is 1. The van der Waals surface area contributed by atoms with Gasteiger partial charge in [0, 0.05) is 16.8 Å². The van der Waals surface area contributed by atoms with E-state index >= 15 is 0 Å². The van der Waals surface area contributed by atoms with Gasteiger partial charge in [0.2, 0.25) is 5.95 Å². The molecule has 2 heterocycles. The Morgan fingerprint density at radius 2 is 1.78 bits per heavy atom. The highest BCUT2D eigenvalue weighted by molar-refractivity contribution is 5.97. The summed E-state index contributed by atoms with van der Waals surface area (Å²) in [7, 11) is 0. The lowest BCUT2D eigenvalue weighted by molar-refractivity contribution is 0.0958. The molecule has 0 atom stereocenters. The number of benzene rings is 1. The Hall–Kier alpha value is -3.22. The first-order valence-corrected chi connectivity index (χ1v) is 6.94. The predicted molar refractivity (Wildman–Crippen MR) is 85.1 cm³/mol. The summed E-state index contributed by atoms with van der Waals surface area (Å²) in [5.41, 5.74) is 6.15. The molecule has 0 radical (unpaired) electrons. The minimum atomic E-state index is -0.704. The van der Waals surface area contributed by atoms with Crippen molar-refractivity contribution in [3.05, 3.63) is 63.8 Å². The molecule has 3 aromatic rings. The van der Waals surface area contributed by atoms with E-state index in [-0.39, 0.29) is 11.5 Å². The molecule has 3 rings (SSSR count). The molecule has 116 valence electrons. The summed E-state index contributed by atoms with van der Waals surface area (Å²) in [6, 6.07) is 10.3. The van der Waals surface area contributed by atoms with Gasteiger partial charge in [-0.15, -0.1) is 0 Å². The van der Waals surface area contributed by atoms with Gasteiger partial charge in [-0.1, -0.05) is 18.2 Å². The monoisotopic (exact) mass is 310 g/mol. The minimum absolute atomic E-state index is 0.0967. The number of hydrazine groups is 1. The van der Waals surface area contributed by atoms with Gasteiger partial charge in [-0.3, -0.25) is 15.6 Å². The van der Waals surface area contributed by atoms with Crippen LogP contribution in [0, 0.1) is 13.8 Å². The second-order valence-corrected chi connectivity index (χ2v) is 5.04. The third kappa shape index (κ3) is 3.18. The van der Waals surface area contributed by atoms with Crippen molar-refractivity contribution in [3.63, 3.8) is 0 Å². The van der Waals surface area contributed by atoms with Crippen LogP contribution in [-0.2, 0) is 0 Å². The molecule has 0 fully saturated rings. The van der Waals surface area contributed by atoms with E-state index in [2.05, 4.69) is 20.8 Å². The summed E-state index contributed by atoms with van der Waals surface area (Å²) < 4.78 is 5.13. The van der Waals surface area contributed by atoms with Crippen molar-refractivity contribution < 1.29 is 9.21 Å². The Balaban J connectivity index is 1.83. The number of amides is 1. The van der Waals surface area contributed by atoms with Gasteiger partial charge in [-0.25, -0.2) is 14.8 Å². The van der Waals surface area contributed by atoms with E-state index in [1.54, 1.807) is 24.3 Å². The standard InChI is InChI=1S/C16H14N4O3/c1-9-7-10(2)18-16(17-9)20-19-14(21)12-8-11-5-3-4-6-13(11)23-15(12)22/h3-8H,1-2H3,(H,19,21)(H,17,18,20). The highest BCUT2D eigenvalue weighted by atomic mass is 16.4. The van der Waals surface area contributed by atoms with Gasteiger partial charge in [0.1, 0.15) is 11.1 Å². The number of hydrogen-bond acceptors (Lipinski definition) is 6.